The first-order valence-electron chi connectivity index (χ1n) is 7.61. The highest BCUT2D eigenvalue weighted by molar-refractivity contribution is 8.15. The van der Waals surface area contributed by atoms with Gasteiger partial charge in [-0.2, -0.15) is 0 Å². The minimum Gasteiger partial charge on any atom is -0.294 e. The van der Waals surface area contributed by atoms with Crippen LogP contribution in [0.4, 0.5) is 0 Å². The third-order valence-corrected chi connectivity index (χ3v) is 6.77. The first kappa shape index (κ1) is 21.5. The summed E-state index contributed by atoms with van der Waals surface area (Å²) in [5.41, 5.74) is -0.0839. The molecule has 0 aromatic carbocycles. The summed E-state index contributed by atoms with van der Waals surface area (Å²) in [4.78, 5) is 13.8. The van der Waals surface area contributed by atoms with Crippen molar-refractivity contribution in [2.75, 3.05) is 20.8 Å². The first-order valence-corrected chi connectivity index (χ1v) is 10.8. The van der Waals surface area contributed by atoms with E-state index in [2.05, 4.69) is 16.9 Å². The molecule has 2 aliphatic rings. The Morgan fingerprint density at radius 1 is 1.42 bits per heavy atom. The molecule has 2 aliphatic heterocycles. The Morgan fingerprint density at radius 3 is 2.65 bits per heavy atom. The van der Waals surface area contributed by atoms with Crippen LogP contribution in [-0.4, -0.2) is 57.9 Å². The molecule has 0 aromatic heterocycles. The van der Waals surface area contributed by atoms with Crippen molar-refractivity contribution >= 4 is 42.6 Å². The normalized spacial score (nSPS) is 30.0. The minimum absolute atomic E-state index is 0.0346. The summed E-state index contributed by atoms with van der Waals surface area (Å²) >= 11 is 2.35. The Labute approximate surface area is 160 Å². The molecular weight excluding hydrogens is 403 g/mol. The zero-order valence-electron chi connectivity index (χ0n) is 15.1. The van der Waals surface area contributed by atoms with Gasteiger partial charge in [0, 0.05) is 21.1 Å². The molecule has 10 nitrogen and oxygen atoms in total. The average Bonchev–Trinajstić information content (AvgIpc) is 3.06. The van der Waals surface area contributed by atoms with Gasteiger partial charge in [-0.05, 0) is 25.6 Å². The van der Waals surface area contributed by atoms with Gasteiger partial charge in [-0.1, -0.05) is 16.3 Å². The van der Waals surface area contributed by atoms with E-state index in [9.17, 15) is 9.36 Å². The number of carbonyl (C=O) groups excluding carboxylic acids is 1. The summed E-state index contributed by atoms with van der Waals surface area (Å²) in [5.74, 6) is -0.0346. The van der Waals surface area contributed by atoms with Crippen molar-refractivity contribution in [1.82, 2.24) is 4.90 Å². The number of rotatable bonds is 7. The van der Waals surface area contributed by atoms with E-state index in [1.54, 1.807) is 11.8 Å². The molecule has 2 fully saturated rings. The number of phosphoric acid groups is 1. The Bertz CT molecular complexity index is 680. The van der Waals surface area contributed by atoms with Crippen LogP contribution in [0.2, 0.25) is 0 Å². The molecule has 13 heteroatoms. The van der Waals surface area contributed by atoms with Gasteiger partial charge in [0.1, 0.15) is 17.0 Å². The molecule has 146 valence electrons. The molecule has 26 heavy (non-hydrogen) atoms. The second-order valence-electron chi connectivity index (χ2n) is 5.46. The number of amidine groups is 1. The number of hydrogen-bond donors (Lipinski definition) is 0. The number of amides is 1. The van der Waals surface area contributed by atoms with E-state index in [0.29, 0.717) is 11.7 Å². The SMILES string of the molecule is C=C(C)CN1C(=O)C(C)SC1=NN=[N+]1SC(OP(=O)(OC)OC)OC1C. The van der Waals surface area contributed by atoms with Gasteiger partial charge >= 0.3 is 13.0 Å². The van der Waals surface area contributed by atoms with Crippen LogP contribution in [0.3, 0.4) is 0 Å². The topological polar surface area (TPSA) is 102 Å². The van der Waals surface area contributed by atoms with Crippen LogP contribution >= 0.6 is 31.5 Å². The van der Waals surface area contributed by atoms with Crippen molar-refractivity contribution in [2.24, 2.45) is 10.3 Å². The quantitative estimate of drug-likeness (QED) is 0.202. The summed E-state index contributed by atoms with van der Waals surface area (Å²) in [6.07, 6.45) is -0.495. The summed E-state index contributed by atoms with van der Waals surface area (Å²) in [7, 11) is -1.25. The molecule has 0 radical (unpaired) electrons. The Kier molecular flexibility index (Phi) is 7.43. The van der Waals surface area contributed by atoms with Crippen LogP contribution in [0.15, 0.2) is 22.5 Å². The highest BCUT2D eigenvalue weighted by atomic mass is 32.2. The zero-order chi connectivity index (χ0) is 19.5. The maximum absolute atomic E-state index is 12.2. The van der Waals surface area contributed by atoms with Crippen LogP contribution in [-0.2, 0) is 27.7 Å². The lowest BCUT2D eigenvalue weighted by Gasteiger charge is -2.14. The van der Waals surface area contributed by atoms with E-state index in [4.69, 9.17) is 18.3 Å². The Morgan fingerprint density at radius 2 is 2.08 bits per heavy atom. The molecule has 0 N–H and O–H groups in total. The van der Waals surface area contributed by atoms with E-state index in [0.717, 1.165) is 17.5 Å². The minimum atomic E-state index is -3.68. The van der Waals surface area contributed by atoms with Crippen LogP contribution in [0.25, 0.3) is 0 Å². The van der Waals surface area contributed by atoms with Crippen LogP contribution < -0.4 is 0 Å². The highest BCUT2D eigenvalue weighted by Gasteiger charge is 2.42. The fraction of sp³-hybridized carbons (Fsp3) is 0.692. The van der Waals surface area contributed by atoms with Gasteiger partial charge in [-0.25, -0.2) is 9.09 Å². The smallest absolute Gasteiger partial charge is 0.294 e. The third kappa shape index (κ3) is 5.16. The lowest BCUT2D eigenvalue weighted by Crippen LogP contribution is -2.32. The van der Waals surface area contributed by atoms with Crippen LogP contribution in [0.5, 0.6) is 0 Å². The van der Waals surface area contributed by atoms with Gasteiger partial charge in [-0.15, -0.1) is 0 Å². The summed E-state index contributed by atoms with van der Waals surface area (Å²) in [5, 5.41) is 8.54. The first-order chi connectivity index (χ1) is 12.2. The number of nitrogens with zero attached hydrogens (tertiary/aromatic N) is 4. The van der Waals surface area contributed by atoms with E-state index >= 15 is 0 Å². The lowest BCUT2D eigenvalue weighted by atomic mass is 10.3. The van der Waals surface area contributed by atoms with Gasteiger partial charge in [0.05, 0.1) is 11.8 Å². The van der Waals surface area contributed by atoms with Crippen LogP contribution in [0, 0.1) is 0 Å². The number of carbonyl (C=O) groups is 1. The predicted octanol–water partition coefficient (Wildman–Crippen LogP) is 2.99. The average molecular weight is 425 g/mol. The number of thioether (sulfide) groups is 1. The van der Waals surface area contributed by atoms with E-state index < -0.39 is 19.7 Å². The molecule has 0 aliphatic carbocycles. The summed E-state index contributed by atoms with van der Waals surface area (Å²) in [6.45, 7) is 9.60. The molecule has 2 rings (SSSR count). The second-order valence-corrected chi connectivity index (χ2v) is 9.58. The molecule has 0 aromatic rings. The molecule has 3 atom stereocenters. The molecule has 0 spiro atoms. The van der Waals surface area contributed by atoms with Gasteiger partial charge in [0.2, 0.25) is 12.1 Å². The molecule has 2 heterocycles. The van der Waals surface area contributed by atoms with Crippen molar-refractivity contribution < 1.29 is 31.8 Å². The molecule has 1 amide bonds. The van der Waals surface area contributed by atoms with Gasteiger partial charge < -0.3 is 0 Å². The molecule has 2 saturated heterocycles. The van der Waals surface area contributed by atoms with Crippen molar-refractivity contribution in [1.29, 1.82) is 0 Å². The summed E-state index contributed by atoms with van der Waals surface area (Å²) < 4.78 is 33.6. The van der Waals surface area contributed by atoms with Crippen LogP contribution in [0.1, 0.15) is 20.8 Å². The van der Waals surface area contributed by atoms with E-state index in [1.165, 1.54) is 30.1 Å². The van der Waals surface area contributed by atoms with Crippen molar-refractivity contribution in [2.45, 2.75) is 37.9 Å². The molecule has 3 unspecified atom stereocenters. The monoisotopic (exact) mass is 425 g/mol. The Hall–Kier alpha value is -0.750. The van der Waals surface area contributed by atoms with E-state index in [1.807, 2.05) is 13.8 Å². The van der Waals surface area contributed by atoms with Gasteiger partial charge in [-0.3, -0.25) is 23.5 Å². The fourth-order valence-corrected chi connectivity index (χ4v) is 4.62. The largest absolute Gasteiger partial charge is 0.477 e. The summed E-state index contributed by atoms with van der Waals surface area (Å²) in [6, 6.07) is 0. The van der Waals surface area contributed by atoms with Gasteiger partial charge in [0.25, 0.3) is 5.62 Å². The van der Waals surface area contributed by atoms with Crippen molar-refractivity contribution in [3.05, 3.63) is 12.2 Å². The van der Waals surface area contributed by atoms with Crippen molar-refractivity contribution in [3.63, 3.8) is 0 Å². The highest BCUT2D eigenvalue weighted by Crippen LogP contribution is 2.51. The fourth-order valence-electron chi connectivity index (χ4n) is 1.98. The maximum atomic E-state index is 12.2. The zero-order valence-corrected chi connectivity index (χ0v) is 17.7. The molecule has 0 bridgehead atoms. The van der Waals surface area contributed by atoms with E-state index in [-0.39, 0.29) is 11.2 Å². The predicted molar refractivity (Wildman–Crippen MR) is 98.3 cm³/mol. The molecular formula is C13H22N4O6PS2+. The third-order valence-electron chi connectivity index (χ3n) is 3.25. The van der Waals surface area contributed by atoms with Crippen molar-refractivity contribution in [3.8, 4) is 0 Å². The number of ether oxygens (including phenoxy) is 1. The second kappa shape index (κ2) is 8.96. The maximum Gasteiger partial charge on any atom is 0.477 e. The lowest BCUT2D eigenvalue weighted by molar-refractivity contribution is -0.508. The molecule has 0 saturated carbocycles. The van der Waals surface area contributed by atoms with Gasteiger partial charge in [0.15, 0.2) is 5.22 Å². The Balaban J connectivity index is 2.11. The number of phosphoric ester groups is 1. The number of hydrogen-bond acceptors (Lipinski definition) is 9. The standard InChI is InChI=1S/C13H22N4O6PS2/c1-8(2)7-16-11(18)9(3)25-12(16)14-15-17-10(4)22-13(26-17)23-24(19,20-5)21-6/h9-10,13H,1,7H2,2-6H3/q+1.